The van der Waals surface area contributed by atoms with Crippen molar-refractivity contribution < 1.29 is 14.6 Å². The van der Waals surface area contributed by atoms with Crippen molar-refractivity contribution in [3.8, 4) is 11.5 Å². The Hall–Kier alpha value is -1.71. The zero-order chi connectivity index (χ0) is 13.0. The van der Waals surface area contributed by atoms with Crippen LogP contribution in [0, 0.1) is 5.92 Å². The quantitative estimate of drug-likeness (QED) is 0.842. The Labute approximate surface area is 107 Å². The van der Waals surface area contributed by atoms with Crippen LogP contribution in [-0.4, -0.2) is 24.7 Å². The average Bonchev–Trinajstić information content (AvgIpc) is 2.32. The Balaban J connectivity index is 1.91. The van der Waals surface area contributed by atoms with Gasteiger partial charge >= 0.3 is 0 Å². The monoisotopic (exact) mass is 249 g/mol. The predicted octanol–water partition coefficient (Wildman–Crippen LogP) is 2.32. The molecule has 1 aromatic rings. The molecule has 1 aliphatic rings. The van der Waals surface area contributed by atoms with Gasteiger partial charge in [0, 0.05) is 6.54 Å². The van der Waals surface area contributed by atoms with E-state index >= 15 is 0 Å². The number of aromatic hydroxyl groups is 1. The van der Waals surface area contributed by atoms with Gasteiger partial charge in [-0.1, -0.05) is 25.3 Å². The van der Waals surface area contributed by atoms with Gasteiger partial charge in [-0.05, 0) is 24.5 Å². The molecule has 4 heteroatoms. The van der Waals surface area contributed by atoms with Crippen LogP contribution in [0.3, 0.4) is 0 Å². The van der Waals surface area contributed by atoms with Crippen molar-refractivity contribution in [2.75, 3.05) is 13.7 Å². The lowest BCUT2D eigenvalue weighted by Crippen LogP contribution is -2.27. The molecule has 2 N–H and O–H groups in total. The summed E-state index contributed by atoms with van der Waals surface area (Å²) in [5.41, 5.74) is 0.267. The number of phenols is 1. The summed E-state index contributed by atoms with van der Waals surface area (Å²) in [7, 11) is 1.47. The number of para-hydroxylation sites is 1. The summed E-state index contributed by atoms with van der Waals surface area (Å²) in [5, 5.41) is 12.7. The van der Waals surface area contributed by atoms with Gasteiger partial charge in [-0.3, -0.25) is 4.79 Å². The molecule has 0 bridgehead atoms. The number of carbonyl (C=O) groups excluding carboxylic acids is 1. The van der Waals surface area contributed by atoms with E-state index in [0.717, 1.165) is 12.3 Å². The molecular formula is C14H19NO3. The highest BCUT2D eigenvalue weighted by atomic mass is 16.5. The summed E-state index contributed by atoms with van der Waals surface area (Å²) in [6.45, 7) is 0.667. The van der Waals surface area contributed by atoms with E-state index < -0.39 is 0 Å². The summed E-state index contributed by atoms with van der Waals surface area (Å²) < 4.78 is 4.98. The summed E-state index contributed by atoms with van der Waals surface area (Å²) in [6, 6.07) is 4.91. The number of nitrogens with one attached hydrogen (secondary N) is 1. The minimum Gasteiger partial charge on any atom is -0.504 e. The van der Waals surface area contributed by atoms with Gasteiger partial charge in [0.25, 0.3) is 5.91 Å². The normalized spacial score (nSPS) is 14.9. The third-order valence-corrected chi connectivity index (χ3v) is 3.53. The van der Waals surface area contributed by atoms with Crippen molar-refractivity contribution in [1.82, 2.24) is 5.32 Å². The highest BCUT2D eigenvalue weighted by Crippen LogP contribution is 2.30. The molecule has 0 atom stereocenters. The highest BCUT2D eigenvalue weighted by Gasteiger charge is 2.18. The van der Waals surface area contributed by atoms with Gasteiger partial charge in [0.2, 0.25) is 0 Å². The maximum atomic E-state index is 11.9. The van der Waals surface area contributed by atoms with Crippen LogP contribution in [0.15, 0.2) is 18.2 Å². The van der Waals surface area contributed by atoms with Gasteiger partial charge in [-0.15, -0.1) is 0 Å². The van der Waals surface area contributed by atoms with Gasteiger partial charge < -0.3 is 15.2 Å². The lowest BCUT2D eigenvalue weighted by molar-refractivity contribution is 0.0945. The largest absolute Gasteiger partial charge is 0.504 e. The molecule has 0 radical (unpaired) electrons. The first kappa shape index (κ1) is 12.7. The Morgan fingerprint density at radius 1 is 1.50 bits per heavy atom. The molecule has 4 nitrogen and oxygen atoms in total. The minimum absolute atomic E-state index is 0.0962. The van der Waals surface area contributed by atoms with Crippen LogP contribution in [0.2, 0.25) is 0 Å². The third-order valence-electron chi connectivity index (χ3n) is 3.53. The molecule has 98 valence electrons. The fourth-order valence-corrected chi connectivity index (χ4v) is 2.14. The zero-order valence-corrected chi connectivity index (χ0v) is 10.6. The second-order valence-corrected chi connectivity index (χ2v) is 4.70. The van der Waals surface area contributed by atoms with E-state index in [2.05, 4.69) is 5.32 Å². The highest BCUT2D eigenvalue weighted by molar-refractivity contribution is 5.97. The Bertz CT molecular complexity index is 427. The molecule has 1 aromatic carbocycles. The number of phenolic OH excluding ortho intramolecular Hbond substituents is 1. The number of hydrogen-bond donors (Lipinski definition) is 2. The Morgan fingerprint density at radius 3 is 2.89 bits per heavy atom. The Kier molecular flexibility index (Phi) is 4.07. The molecule has 2 rings (SSSR count). The topological polar surface area (TPSA) is 58.6 Å². The van der Waals surface area contributed by atoms with Crippen LogP contribution in [0.4, 0.5) is 0 Å². The molecule has 1 saturated carbocycles. The van der Waals surface area contributed by atoms with Crippen molar-refractivity contribution in [2.24, 2.45) is 5.92 Å². The van der Waals surface area contributed by atoms with E-state index in [-0.39, 0.29) is 17.2 Å². The van der Waals surface area contributed by atoms with E-state index in [1.54, 1.807) is 18.2 Å². The van der Waals surface area contributed by atoms with E-state index in [9.17, 15) is 9.90 Å². The summed E-state index contributed by atoms with van der Waals surface area (Å²) in [5.74, 6) is 0.748. The lowest BCUT2D eigenvalue weighted by atomic mass is 9.83. The van der Waals surface area contributed by atoms with Crippen LogP contribution in [0.25, 0.3) is 0 Å². The number of hydrogen-bond acceptors (Lipinski definition) is 3. The maximum absolute atomic E-state index is 11.9. The molecule has 0 unspecified atom stereocenters. The van der Waals surface area contributed by atoms with Crippen molar-refractivity contribution >= 4 is 5.91 Å². The van der Waals surface area contributed by atoms with Gasteiger partial charge in [0.05, 0.1) is 12.7 Å². The zero-order valence-electron chi connectivity index (χ0n) is 10.6. The standard InChI is InChI=1S/C14H19NO3/c1-18-12-7-3-6-11(13(12)16)14(17)15-9-8-10-4-2-5-10/h3,6-7,10,16H,2,4-5,8-9H2,1H3,(H,15,17). The molecule has 0 aromatic heterocycles. The van der Waals surface area contributed by atoms with Crippen molar-refractivity contribution in [3.63, 3.8) is 0 Å². The second-order valence-electron chi connectivity index (χ2n) is 4.70. The average molecular weight is 249 g/mol. The molecule has 0 spiro atoms. The lowest BCUT2D eigenvalue weighted by Gasteiger charge is -2.25. The molecule has 18 heavy (non-hydrogen) atoms. The fraction of sp³-hybridized carbons (Fsp3) is 0.500. The molecular weight excluding hydrogens is 230 g/mol. The predicted molar refractivity (Wildman–Crippen MR) is 69.0 cm³/mol. The number of rotatable bonds is 5. The van der Waals surface area contributed by atoms with Gasteiger partial charge in [0.1, 0.15) is 0 Å². The first-order valence-corrected chi connectivity index (χ1v) is 6.36. The van der Waals surface area contributed by atoms with Crippen molar-refractivity contribution in [1.29, 1.82) is 0 Å². The number of carbonyl (C=O) groups is 1. The third kappa shape index (κ3) is 2.75. The van der Waals surface area contributed by atoms with E-state index in [0.29, 0.717) is 12.3 Å². The van der Waals surface area contributed by atoms with Crippen LogP contribution in [0.5, 0.6) is 11.5 Å². The maximum Gasteiger partial charge on any atom is 0.255 e. The van der Waals surface area contributed by atoms with E-state index in [1.807, 2.05) is 0 Å². The van der Waals surface area contributed by atoms with Crippen molar-refractivity contribution in [3.05, 3.63) is 23.8 Å². The number of benzene rings is 1. The molecule has 0 heterocycles. The molecule has 1 fully saturated rings. The number of methoxy groups -OCH3 is 1. The minimum atomic E-state index is -0.245. The number of amides is 1. The molecule has 0 aliphatic heterocycles. The van der Waals surface area contributed by atoms with Crippen LogP contribution in [-0.2, 0) is 0 Å². The molecule has 1 amide bonds. The van der Waals surface area contributed by atoms with Gasteiger partial charge in [-0.2, -0.15) is 0 Å². The van der Waals surface area contributed by atoms with Gasteiger partial charge in [0.15, 0.2) is 11.5 Å². The van der Waals surface area contributed by atoms with Crippen LogP contribution < -0.4 is 10.1 Å². The first-order valence-electron chi connectivity index (χ1n) is 6.36. The van der Waals surface area contributed by atoms with Gasteiger partial charge in [-0.25, -0.2) is 0 Å². The SMILES string of the molecule is COc1cccc(C(=O)NCCC2CCC2)c1O. The summed E-state index contributed by atoms with van der Waals surface area (Å²) in [6.07, 6.45) is 4.90. The molecule has 1 aliphatic carbocycles. The van der Waals surface area contributed by atoms with E-state index in [4.69, 9.17) is 4.74 Å². The van der Waals surface area contributed by atoms with Crippen LogP contribution >= 0.6 is 0 Å². The fourth-order valence-electron chi connectivity index (χ4n) is 2.14. The molecule has 0 saturated heterocycles. The second kappa shape index (κ2) is 5.76. The summed E-state index contributed by atoms with van der Waals surface area (Å²) >= 11 is 0. The number of ether oxygens (including phenoxy) is 1. The van der Waals surface area contributed by atoms with Crippen molar-refractivity contribution in [2.45, 2.75) is 25.7 Å². The summed E-state index contributed by atoms with van der Waals surface area (Å²) in [4.78, 5) is 11.9. The van der Waals surface area contributed by atoms with Crippen LogP contribution in [0.1, 0.15) is 36.0 Å². The van der Waals surface area contributed by atoms with E-state index in [1.165, 1.54) is 26.4 Å². The smallest absolute Gasteiger partial charge is 0.255 e. The Morgan fingerprint density at radius 2 is 2.28 bits per heavy atom. The first-order chi connectivity index (χ1) is 8.72.